The van der Waals surface area contributed by atoms with Gasteiger partial charge in [0.1, 0.15) is 5.82 Å². The summed E-state index contributed by atoms with van der Waals surface area (Å²) < 4.78 is 40.5. The minimum Gasteiger partial charge on any atom is -0.435 e. The maximum Gasteiger partial charge on any atom is 0.227 e. The molecule has 1 heterocycles. The molecule has 1 N–H and O–H groups in total. The molecule has 0 amide bonds. The number of hydrogen-bond donors (Lipinski definition) is 1. The lowest BCUT2D eigenvalue weighted by Gasteiger charge is -2.28. The van der Waals surface area contributed by atoms with Crippen LogP contribution in [0.15, 0.2) is 48.5 Å². The minimum absolute atomic E-state index is 0.0625. The molecule has 32 heavy (non-hydrogen) atoms. The van der Waals surface area contributed by atoms with Crippen molar-refractivity contribution in [2.75, 3.05) is 20.3 Å². The predicted octanol–water partition coefficient (Wildman–Crippen LogP) is 4.47. The summed E-state index contributed by atoms with van der Waals surface area (Å²) in [6.07, 6.45) is -0.661. The van der Waals surface area contributed by atoms with Gasteiger partial charge in [-0.05, 0) is 57.2 Å². The molecule has 0 bridgehead atoms. The van der Waals surface area contributed by atoms with E-state index in [2.05, 4.69) is 10.00 Å². The summed E-state index contributed by atoms with van der Waals surface area (Å²) in [5.41, 5.74) is 2.02. The molecule has 8 heteroatoms. The number of aryl methyl sites for hydroxylation is 1. The third kappa shape index (κ3) is 5.70. The highest BCUT2D eigenvalue weighted by Crippen LogP contribution is 2.33. The molecule has 0 aliphatic carbocycles. The second-order valence-electron chi connectivity index (χ2n) is 7.92. The van der Waals surface area contributed by atoms with Gasteiger partial charge in [0.25, 0.3) is 0 Å². The zero-order valence-corrected chi connectivity index (χ0v) is 18.8. The van der Waals surface area contributed by atoms with E-state index in [1.54, 1.807) is 42.1 Å². The Balaban J connectivity index is 2.04. The molecule has 172 valence electrons. The number of aromatic nitrogens is 2. The van der Waals surface area contributed by atoms with Crippen molar-refractivity contribution in [3.8, 4) is 17.3 Å². The fraction of sp³-hybridized carbons (Fsp3) is 0.375. The summed E-state index contributed by atoms with van der Waals surface area (Å²) in [7, 11) is 1.54. The molecule has 0 radical (unpaired) electrons. The maximum absolute atomic E-state index is 14.4. The molecule has 0 saturated heterocycles. The number of methoxy groups -OCH3 is 1. The van der Waals surface area contributed by atoms with Crippen molar-refractivity contribution in [2.24, 2.45) is 0 Å². The largest absolute Gasteiger partial charge is 0.435 e. The monoisotopic (exact) mass is 445 g/mol. The number of aliphatic hydroxyl groups is 1. The van der Waals surface area contributed by atoms with Gasteiger partial charge < -0.3 is 14.6 Å². The fourth-order valence-electron chi connectivity index (χ4n) is 3.39. The summed E-state index contributed by atoms with van der Waals surface area (Å²) in [5, 5.41) is 14.9. The predicted molar refractivity (Wildman–Crippen MR) is 118 cm³/mol. The highest BCUT2D eigenvalue weighted by molar-refractivity contribution is 5.43. The first-order valence-electron chi connectivity index (χ1n) is 10.5. The van der Waals surface area contributed by atoms with Crippen LogP contribution in [0.25, 0.3) is 5.69 Å². The normalized spacial score (nSPS) is 12.5. The van der Waals surface area contributed by atoms with E-state index in [0.717, 1.165) is 5.56 Å². The smallest absolute Gasteiger partial charge is 0.227 e. The molecule has 2 aromatic carbocycles. The van der Waals surface area contributed by atoms with Crippen LogP contribution in [0.4, 0.5) is 8.78 Å². The van der Waals surface area contributed by atoms with E-state index in [1.807, 2.05) is 20.8 Å². The lowest BCUT2D eigenvalue weighted by molar-refractivity contribution is 0.0277. The van der Waals surface area contributed by atoms with E-state index in [1.165, 1.54) is 18.2 Å². The van der Waals surface area contributed by atoms with Crippen LogP contribution in [0.5, 0.6) is 11.6 Å². The van der Waals surface area contributed by atoms with Crippen molar-refractivity contribution in [3.05, 3.63) is 71.4 Å². The SMILES string of the molecule is COCC(O)CN(Cc1c(C)nn(-c2ccc(F)cc2)c1Oc1ccccc1F)C(C)C. The van der Waals surface area contributed by atoms with Gasteiger partial charge in [-0.1, -0.05) is 12.1 Å². The summed E-state index contributed by atoms with van der Waals surface area (Å²) in [5.74, 6) is -0.467. The van der Waals surface area contributed by atoms with Crippen LogP contribution in [0.3, 0.4) is 0 Å². The van der Waals surface area contributed by atoms with Crippen LogP contribution in [0.2, 0.25) is 0 Å². The summed E-state index contributed by atoms with van der Waals surface area (Å²) in [4.78, 5) is 2.07. The quantitative estimate of drug-likeness (QED) is 0.499. The second-order valence-corrected chi connectivity index (χ2v) is 7.92. The van der Waals surface area contributed by atoms with Gasteiger partial charge in [-0.25, -0.2) is 13.5 Å². The lowest BCUT2D eigenvalue weighted by atomic mass is 10.2. The maximum atomic E-state index is 14.4. The van der Waals surface area contributed by atoms with Gasteiger partial charge in [-0.3, -0.25) is 4.90 Å². The Labute approximate surface area is 187 Å². The minimum atomic E-state index is -0.661. The van der Waals surface area contributed by atoms with E-state index in [9.17, 15) is 13.9 Å². The molecule has 6 nitrogen and oxygen atoms in total. The molecule has 0 saturated carbocycles. The highest BCUT2D eigenvalue weighted by atomic mass is 19.1. The topological polar surface area (TPSA) is 59.8 Å². The van der Waals surface area contributed by atoms with Gasteiger partial charge in [-0.2, -0.15) is 5.10 Å². The van der Waals surface area contributed by atoms with Crippen molar-refractivity contribution in [1.29, 1.82) is 0 Å². The van der Waals surface area contributed by atoms with E-state index < -0.39 is 11.9 Å². The Hall–Kier alpha value is -2.81. The first kappa shape index (κ1) is 23.8. The Morgan fingerprint density at radius 2 is 1.78 bits per heavy atom. The number of halogens is 2. The molecular formula is C24H29F2N3O3. The molecule has 3 aromatic rings. The molecule has 0 fully saturated rings. The third-order valence-corrected chi connectivity index (χ3v) is 5.15. The van der Waals surface area contributed by atoms with Crippen LogP contribution in [0.1, 0.15) is 25.1 Å². The molecule has 3 rings (SSSR count). The molecule has 1 atom stereocenters. The van der Waals surface area contributed by atoms with E-state index in [4.69, 9.17) is 9.47 Å². The van der Waals surface area contributed by atoms with Gasteiger partial charge in [-0.15, -0.1) is 0 Å². The number of rotatable bonds is 10. The fourth-order valence-corrected chi connectivity index (χ4v) is 3.39. The van der Waals surface area contributed by atoms with Gasteiger partial charge in [0.05, 0.1) is 29.7 Å². The first-order chi connectivity index (χ1) is 15.3. The Kier molecular flexibility index (Phi) is 7.95. The van der Waals surface area contributed by atoms with Crippen LogP contribution in [-0.4, -0.2) is 52.2 Å². The van der Waals surface area contributed by atoms with Gasteiger partial charge in [0, 0.05) is 26.2 Å². The van der Waals surface area contributed by atoms with Crippen molar-refractivity contribution >= 4 is 0 Å². The van der Waals surface area contributed by atoms with Gasteiger partial charge >= 0.3 is 0 Å². The van der Waals surface area contributed by atoms with E-state index in [0.29, 0.717) is 30.4 Å². The molecule has 0 aliphatic heterocycles. The average Bonchev–Trinajstić information content (AvgIpc) is 3.05. The Morgan fingerprint density at radius 1 is 1.09 bits per heavy atom. The number of ether oxygens (including phenoxy) is 2. The summed E-state index contributed by atoms with van der Waals surface area (Å²) in [6, 6.07) is 12.1. The van der Waals surface area contributed by atoms with Crippen LogP contribution in [0, 0.1) is 18.6 Å². The van der Waals surface area contributed by atoms with Crippen molar-refractivity contribution in [3.63, 3.8) is 0 Å². The first-order valence-corrected chi connectivity index (χ1v) is 10.5. The van der Waals surface area contributed by atoms with Crippen LogP contribution >= 0.6 is 0 Å². The Morgan fingerprint density at radius 3 is 2.41 bits per heavy atom. The van der Waals surface area contributed by atoms with Crippen LogP contribution < -0.4 is 4.74 Å². The molecule has 1 unspecified atom stereocenters. The number of hydrogen-bond acceptors (Lipinski definition) is 5. The number of nitrogens with zero attached hydrogens (tertiary/aromatic N) is 3. The van der Waals surface area contributed by atoms with E-state index in [-0.39, 0.29) is 24.2 Å². The zero-order chi connectivity index (χ0) is 23.3. The van der Waals surface area contributed by atoms with Crippen molar-refractivity contribution < 1.29 is 23.4 Å². The lowest BCUT2D eigenvalue weighted by Crippen LogP contribution is -2.38. The van der Waals surface area contributed by atoms with Gasteiger partial charge in [0.2, 0.25) is 5.88 Å². The third-order valence-electron chi connectivity index (χ3n) is 5.15. The Bertz CT molecular complexity index is 1020. The average molecular weight is 446 g/mol. The van der Waals surface area contributed by atoms with Gasteiger partial charge in [0.15, 0.2) is 11.6 Å². The van der Waals surface area contributed by atoms with Crippen LogP contribution in [-0.2, 0) is 11.3 Å². The molecule has 0 aliphatic rings. The highest BCUT2D eigenvalue weighted by Gasteiger charge is 2.24. The number of para-hydroxylation sites is 1. The van der Waals surface area contributed by atoms with Crippen molar-refractivity contribution in [1.82, 2.24) is 14.7 Å². The summed E-state index contributed by atoms with van der Waals surface area (Å²) in [6.45, 7) is 6.90. The molecule has 0 spiro atoms. The zero-order valence-electron chi connectivity index (χ0n) is 18.8. The van der Waals surface area contributed by atoms with E-state index >= 15 is 0 Å². The second kappa shape index (κ2) is 10.7. The standard InChI is InChI=1S/C24H29F2N3O3/c1-16(2)28(13-20(30)15-31-4)14-21-17(3)27-29(19-11-9-18(25)10-12-19)24(21)32-23-8-6-5-7-22(23)26/h5-12,16,20,30H,13-15H2,1-4H3. The molecular weight excluding hydrogens is 416 g/mol. The molecule has 1 aromatic heterocycles. The number of aliphatic hydroxyl groups excluding tert-OH is 1. The van der Waals surface area contributed by atoms with Crippen molar-refractivity contribution in [2.45, 2.75) is 39.5 Å². The summed E-state index contributed by atoms with van der Waals surface area (Å²) >= 11 is 0. The number of benzene rings is 2.